The third-order valence-electron chi connectivity index (χ3n) is 9.05. The third kappa shape index (κ3) is 3.94. The summed E-state index contributed by atoms with van der Waals surface area (Å²) < 4.78 is 15.0. The average molecular weight is 608 g/mol. The molecule has 0 radical (unpaired) electrons. The van der Waals surface area contributed by atoms with Crippen molar-refractivity contribution in [2.45, 2.75) is 9.79 Å². The van der Waals surface area contributed by atoms with E-state index in [-0.39, 0.29) is 0 Å². The van der Waals surface area contributed by atoms with Crippen LogP contribution in [0.4, 0.5) is 0 Å². The maximum Gasteiger partial charge on any atom is 0.136 e. The number of fused-ring (bicyclic) bond motifs is 9. The molecule has 10 rings (SSSR count). The number of aromatic nitrogens is 1. The van der Waals surface area contributed by atoms with Gasteiger partial charge in [-0.3, -0.25) is 0 Å². The van der Waals surface area contributed by atoms with Crippen LogP contribution in [0.15, 0.2) is 170 Å². The second-order valence-corrected chi connectivity index (χ2v) is 12.9. The van der Waals surface area contributed by atoms with Crippen molar-refractivity contribution in [2.75, 3.05) is 0 Å². The molecular weight excluding hydrogens is 583 g/mol. The van der Waals surface area contributed by atoms with Crippen LogP contribution in [0.1, 0.15) is 0 Å². The van der Waals surface area contributed by atoms with Crippen molar-refractivity contribution in [2.24, 2.45) is 0 Å². The smallest absolute Gasteiger partial charge is 0.136 e. The molecule has 7 aromatic carbocycles. The highest BCUT2D eigenvalue weighted by molar-refractivity contribution is 7.99. The molecule has 216 valence electrons. The molecule has 0 aliphatic rings. The summed E-state index contributed by atoms with van der Waals surface area (Å²) in [5.74, 6) is 0. The number of furan rings is 2. The minimum absolute atomic E-state index is 0.874. The van der Waals surface area contributed by atoms with Gasteiger partial charge in [0, 0.05) is 47.8 Å². The fourth-order valence-electron chi connectivity index (χ4n) is 6.91. The molecular formula is C42H25NO2S. The van der Waals surface area contributed by atoms with Crippen molar-refractivity contribution in [3.05, 3.63) is 152 Å². The first kappa shape index (κ1) is 25.6. The van der Waals surface area contributed by atoms with Crippen LogP contribution in [0.25, 0.3) is 82.5 Å². The van der Waals surface area contributed by atoms with Gasteiger partial charge in [-0.25, -0.2) is 0 Å². The molecule has 0 saturated carbocycles. The zero-order valence-electron chi connectivity index (χ0n) is 24.6. The Morgan fingerprint density at radius 1 is 0.370 bits per heavy atom. The van der Waals surface area contributed by atoms with E-state index in [2.05, 4.69) is 144 Å². The molecule has 0 aliphatic heterocycles. The summed E-state index contributed by atoms with van der Waals surface area (Å²) in [4.78, 5) is 2.47. The van der Waals surface area contributed by atoms with Gasteiger partial charge in [-0.05, 0) is 96.1 Å². The van der Waals surface area contributed by atoms with Gasteiger partial charge in [-0.1, -0.05) is 78.5 Å². The second-order valence-electron chi connectivity index (χ2n) is 11.7. The molecule has 46 heavy (non-hydrogen) atoms. The molecule has 10 aromatic rings. The lowest BCUT2D eigenvalue weighted by atomic mass is 10.0. The van der Waals surface area contributed by atoms with Crippen molar-refractivity contribution < 1.29 is 8.83 Å². The SMILES string of the molecule is c1ccc(Sc2ccc3c(c2)c2ccccc2n3-c2ccc3oc4cc(-c5ccc6c(c5)oc5ccccc56)ccc4c3c2)cc1. The van der Waals surface area contributed by atoms with Gasteiger partial charge < -0.3 is 13.4 Å². The van der Waals surface area contributed by atoms with Gasteiger partial charge in [0.25, 0.3) is 0 Å². The fraction of sp³-hybridized carbons (Fsp3) is 0. The van der Waals surface area contributed by atoms with E-state index in [1.807, 2.05) is 12.1 Å². The van der Waals surface area contributed by atoms with E-state index in [1.165, 1.54) is 31.6 Å². The Morgan fingerprint density at radius 3 is 1.80 bits per heavy atom. The van der Waals surface area contributed by atoms with E-state index in [1.54, 1.807) is 11.8 Å². The molecule has 3 aromatic heterocycles. The van der Waals surface area contributed by atoms with Crippen molar-refractivity contribution in [1.29, 1.82) is 0 Å². The van der Waals surface area contributed by atoms with Gasteiger partial charge in [-0.15, -0.1) is 0 Å². The number of hydrogen-bond donors (Lipinski definition) is 0. The van der Waals surface area contributed by atoms with Crippen LogP contribution < -0.4 is 0 Å². The van der Waals surface area contributed by atoms with Crippen LogP contribution in [-0.2, 0) is 0 Å². The predicted octanol–water partition coefficient (Wildman–Crippen LogP) is 12.4. The Balaban J connectivity index is 1.08. The highest BCUT2D eigenvalue weighted by Gasteiger charge is 2.16. The first-order chi connectivity index (χ1) is 22.8. The summed E-state index contributed by atoms with van der Waals surface area (Å²) in [5, 5.41) is 6.98. The van der Waals surface area contributed by atoms with Crippen LogP contribution in [-0.4, -0.2) is 4.57 Å². The maximum absolute atomic E-state index is 6.43. The van der Waals surface area contributed by atoms with Crippen LogP contribution in [0.2, 0.25) is 0 Å². The molecule has 0 spiro atoms. The summed E-state index contributed by atoms with van der Waals surface area (Å²) in [6.45, 7) is 0. The van der Waals surface area contributed by atoms with Crippen LogP contribution in [0.3, 0.4) is 0 Å². The van der Waals surface area contributed by atoms with Gasteiger partial charge in [0.2, 0.25) is 0 Å². The zero-order valence-corrected chi connectivity index (χ0v) is 25.4. The molecule has 0 aliphatic carbocycles. The van der Waals surface area contributed by atoms with Crippen molar-refractivity contribution in [3.8, 4) is 16.8 Å². The van der Waals surface area contributed by atoms with Crippen LogP contribution in [0, 0.1) is 0 Å². The molecule has 0 saturated heterocycles. The molecule has 3 nitrogen and oxygen atoms in total. The first-order valence-corrected chi connectivity index (χ1v) is 16.2. The Morgan fingerprint density at radius 2 is 1.00 bits per heavy atom. The highest BCUT2D eigenvalue weighted by Crippen LogP contribution is 2.39. The first-order valence-electron chi connectivity index (χ1n) is 15.4. The number of hydrogen-bond acceptors (Lipinski definition) is 3. The van der Waals surface area contributed by atoms with Crippen molar-refractivity contribution in [3.63, 3.8) is 0 Å². The van der Waals surface area contributed by atoms with Crippen LogP contribution >= 0.6 is 11.8 Å². The largest absolute Gasteiger partial charge is 0.456 e. The van der Waals surface area contributed by atoms with Gasteiger partial charge in [0.05, 0.1) is 11.0 Å². The minimum atomic E-state index is 0.874. The summed E-state index contributed by atoms with van der Waals surface area (Å²) in [5.41, 5.74) is 9.25. The van der Waals surface area contributed by atoms with E-state index in [0.29, 0.717) is 0 Å². The number of rotatable bonds is 4. The number of benzene rings is 7. The molecule has 0 unspecified atom stereocenters. The molecule has 3 heterocycles. The lowest BCUT2D eigenvalue weighted by Gasteiger charge is -2.08. The number of para-hydroxylation sites is 2. The number of nitrogens with zero attached hydrogens (tertiary/aromatic N) is 1. The van der Waals surface area contributed by atoms with E-state index in [9.17, 15) is 0 Å². The topological polar surface area (TPSA) is 31.2 Å². The predicted molar refractivity (Wildman–Crippen MR) is 191 cm³/mol. The molecule has 0 amide bonds. The Hall–Kier alpha value is -5.71. The lowest BCUT2D eigenvalue weighted by Crippen LogP contribution is -1.93. The Kier molecular flexibility index (Phi) is 5.51. The lowest BCUT2D eigenvalue weighted by molar-refractivity contribution is 0.668. The molecule has 0 fully saturated rings. The molecule has 0 atom stereocenters. The minimum Gasteiger partial charge on any atom is -0.456 e. The Labute approximate surface area is 268 Å². The van der Waals surface area contributed by atoms with Crippen LogP contribution in [0.5, 0.6) is 0 Å². The standard InChI is InChI=1S/C42H25NO2S/c1-2-8-29(9-3-1)46-30-17-20-38-35(25-30)31-10-4-6-12-37(31)43(38)28-16-21-40-36(24-28)34-19-15-27(23-42(34)45-40)26-14-18-33-32-11-5-7-13-39(32)44-41(33)22-26/h1-25H. The van der Waals surface area contributed by atoms with Gasteiger partial charge in [0.15, 0.2) is 0 Å². The summed E-state index contributed by atoms with van der Waals surface area (Å²) in [6, 6.07) is 53.7. The zero-order chi connectivity index (χ0) is 30.2. The van der Waals surface area contributed by atoms with Gasteiger partial charge >= 0.3 is 0 Å². The van der Waals surface area contributed by atoms with Gasteiger partial charge in [0.1, 0.15) is 22.3 Å². The molecule has 0 N–H and O–H groups in total. The highest BCUT2D eigenvalue weighted by atomic mass is 32.2. The third-order valence-corrected chi connectivity index (χ3v) is 10.0. The maximum atomic E-state index is 6.43. The summed E-state index contributed by atoms with van der Waals surface area (Å²) >= 11 is 1.79. The van der Waals surface area contributed by atoms with Crippen molar-refractivity contribution in [1.82, 2.24) is 4.57 Å². The fourth-order valence-corrected chi connectivity index (χ4v) is 7.79. The average Bonchev–Trinajstić information content (AvgIpc) is 3.77. The van der Waals surface area contributed by atoms with E-state index >= 15 is 0 Å². The van der Waals surface area contributed by atoms with Gasteiger partial charge in [-0.2, -0.15) is 0 Å². The summed E-state index contributed by atoms with van der Waals surface area (Å²) in [6.07, 6.45) is 0. The van der Waals surface area contributed by atoms with E-state index in [4.69, 9.17) is 8.83 Å². The second kappa shape index (κ2) is 9.90. The monoisotopic (exact) mass is 607 g/mol. The Bertz CT molecular complexity index is 2780. The quantitative estimate of drug-likeness (QED) is 0.199. The van der Waals surface area contributed by atoms with Crippen molar-refractivity contribution >= 4 is 77.4 Å². The summed E-state index contributed by atoms with van der Waals surface area (Å²) in [7, 11) is 0. The molecule has 4 heteroatoms. The normalized spacial score (nSPS) is 12.0. The van der Waals surface area contributed by atoms with E-state index < -0.39 is 0 Å². The van der Waals surface area contributed by atoms with E-state index in [0.717, 1.165) is 60.7 Å². The molecule has 0 bridgehead atoms.